The van der Waals surface area contributed by atoms with E-state index < -0.39 is 24.6 Å². The van der Waals surface area contributed by atoms with Gasteiger partial charge in [-0.3, -0.25) is 4.79 Å². The topological polar surface area (TPSA) is 66.4 Å². The Morgan fingerprint density at radius 1 is 1.37 bits per heavy atom. The van der Waals surface area contributed by atoms with Crippen molar-refractivity contribution in [3.63, 3.8) is 0 Å². The average Bonchev–Trinajstić information content (AvgIpc) is 3.16. The number of carboxylic acid groups (broad SMARTS) is 1. The molecule has 1 aliphatic carbocycles. The highest BCUT2D eigenvalue weighted by Crippen LogP contribution is 2.49. The summed E-state index contributed by atoms with van der Waals surface area (Å²) >= 11 is 0. The highest BCUT2D eigenvalue weighted by Gasteiger charge is 2.39. The molecule has 1 saturated carbocycles. The Bertz CT molecular complexity index is 463. The maximum absolute atomic E-state index is 12.4. The third kappa shape index (κ3) is 3.53. The predicted octanol–water partition coefficient (Wildman–Crippen LogP) is 1.72. The molecule has 0 spiro atoms. The lowest BCUT2D eigenvalue weighted by Crippen LogP contribution is -2.42. The van der Waals surface area contributed by atoms with Gasteiger partial charge in [-0.2, -0.15) is 0 Å². The Labute approximate surface area is 110 Å². The van der Waals surface area contributed by atoms with Gasteiger partial charge in [0.05, 0.1) is 0 Å². The molecular formula is C14H16FNO3. The van der Waals surface area contributed by atoms with Gasteiger partial charge in [0.1, 0.15) is 6.67 Å². The standard InChI is InChI=1S/C14H16FNO3/c15-8-12(14(18)19)16-13(17)7-10-6-11(10)9-4-2-1-3-5-9/h1-5,10-12H,6-8H2,(H,16,17)(H,18,19)/t10-,11-,12?/m0/s1. The van der Waals surface area contributed by atoms with Gasteiger partial charge in [-0.05, 0) is 23.8 Å². The van der Waals surface area contributed by atoms with Crippen molar-refractivity contribution in [1.29, 1.82) is 0 Å². The number of carbonyl (C=O) groups excluding carboxylic acids is 1. The number of amides is 1. The van der Waals surface area contributed by atoms with Crippen molar-refractivity contribution >= 4 is 11.9 Å². The molecule has 0 bridgehead atoms. The summed E-state index contributed by atoms with van der Waals surface area (Å²) in [5.41, 5.74) is 1.19. The molecule has 19 heavy (non-hydrogen) atoms. The maximum atomic E-state index is 12.4. The molecule has 1 aromatic rings. The van der Waals surface area contributed by atoms with Crippen molar-refractivity contribution in [2.45, 2.75) is 24.8 Å². The number of hydrogen-bond donors (Lipinski definition) is 2. The van der Waals surface area contributed by atoms with Crippen LogP contribution in [0.3, 0.4) is 0 Å². The monoisotopic (exact) mass is 265 g/mol. The lowest BCUT2D eigenvalue weighted by atomic mass is 10.1. The number of carbonyl (C=O) groups is 2. The molecule has 1 fully saturated rings. The number of nitrogens with one attached hydrogen (secondary N) is 1. The normalized spacial score (nSPS) is 22.6. The molecule has 2 N–H and O–H groups in total. The number of aliphatic carboxylic acids is 1. The largest absolute Gasteiger partial charge is 0.480 e. The summed E-state index contributed by atoms with van der Waals surface area (Å²) in [6.45, 7) is -1.09. The van der Waals surface area contributed by atoms with Crippen molar-refractivity contribution in [2.75, 3.05) is 6.67 Å². The first-order valence-corrected chi connectivity index (χ1v) is 6.25. The summed E-state index contributed by atoms with van der Waals surface area (Å²) in [5, 5.41) is 10.8. The number of hydrogen-bond acceptors (Lipinski definition) is 2. The van der Waals surface area contributed by atoms with Crippen LogP contribution in [0.4, 0.5) is 4.39 Å². The molecule has 0 aliphatic heterocycles. The quantitative estimate of drug-likeness (QED) is 0.823. The van der Waals surface area contributed by atoms with Crippen molar-refractivity contribution < 1.29 is 19.1 Å². The zero-order valence-electron chi connectivity index (χ0n) is 10.4. The molecule has 0 saturated heterocycles. The van der Waals surface area contributed by atoms with Crippen molar-refractivity contribution in [1.82, 2.24) is 5.32 Å². The van der Waals surface area contributed by atoms with Crippen LogP contribution in [-0.2, 0) is 9.59 Å². The Balaban J connectivity index is 1.81. The van der Waals surface area contributed by atoms with E-state index in [-0.39, 0.29) is 12.3 Å². The van der Waals surface area contributed by atoms with Gasteiger partial charge in [0.25, 0.3) is 0 Å². The summed E-state index contributed by atoms with van der Waals surface area (Å²) in [6.07, 6.45) is 1.17. The van der Waals surface area contributed by atoms with E-state index in [1.54, 1.807) is 0 Å². The fourth-order valence-corrected chi connectivity index (χ4v) is 2.24. The van der Waals surface area contributed by atoms with Crippen LogP contribution in [0, 0.1) is 5.92 Å². The van der Waals surface area contributed by atoms with Crippen LogP contribution in [0.1, 0.15) is 24.3 Å². The van der Waals surface area contributed by atoms with Crippen LogP contribution in [0.5, 0.6) is 0 Å². The van der Waals surface area contributed by atoms with Gasteiger partial charge in [-0.15, -0.1) is 0 Å². The molecule has 4 nitrogen and oxygen atoms in total. The van der Waals surface area contributed by atoms with Crippen LogP contribution in [0.25, 0.3) is 0 Å². The summed E-state index contributed by atoms with van der Waals surface area (Å²) in [4.78, 5) is 22.2. The molecule has 2 rings (SSSR count). The number of carboxylic acids is 1. The van der Waals surface area contributed by atoms with Crippen LogP contribution in [-0.4, -0.2) is 29.7 Å². The van der Waals surface area contributed by atoms with Crippen molar-refractivity contribution in [3.8, 4) is 0 Å². The second-order valence-corrected chi connectivity index (χ2v) is 4.83. The van der Waals surface area contributed by atoms with E-state index in [9.17, 15) is 14.0 Å². The minimum absolute atomic E-state index is 0.233. The van der Waals surface area contributed by atoms with Crippen molar-refractivity contribution in [2.24, 2.45) is 5.92 Å². The molecule has 1 aliphatic rings. The lowest BCUT2D eigenvalue weighted by molar-refractivity contribution is -0.142. The second-order valence-electron chi connectivity index (χ2n) is 4.83. The number of alkyl halides is 1. The van der Waals surface area contributed by atoms with Gasteiger partial charge in [0.2, 0.25) is 5.91 Å². The van der Waals surface area contributed by atoms with E-state index in [4.69, 9.17) is 5.11 Å². The van der Waals surface area contributed by atoms with Gasteiger partial charge in [0, 0.05) is 6.42 Å². The highest BCUT2D eigenvalue weighted by atomic mass is 19.1. The van der Waals surface area contributed by atoms with E-state index in [1.807, 2.05) is 30.3 Å². The van der Waals surface area contributed by atoms with E-state index in [0.29, 0.717) is 5.92 Å². The molecule has 0 heterocycles. The predicted molar refractivity (Wildman–Crippen MR) is 67.4 cm³/mol. The zero-order valence-corrected chi connectivity index (χ0v) is 10.4. The molecule has 1 amide bonds. The van der Waals surface area contributed by atoms with E-state index in [1.165, 1.54) is 5.56 Å². The van der Waals surface area contributed by atoms with Gasteiger partial charge < -0.3 is 10.4 Å². The fraction of sp³-hybridized carbons (Fsp3) is 0.429. The summed E-state index contributed by atoms with van der Waals surface area (Å²) in [7, 11) is 0. The molecule has 5 heteroatoms. The fourth-order valence-electron chi connectivity index (χ4n) is 2.24. The maximum Gasteiger partial charge on any atom is 0.328 e. The van der Waals surface area contributed by atoms with Gasteiger partial charge in [-0.1, -0.05) is 30.3 Å². The summed E-state index contributed by atoms with van der Waals surface area (Å²) in [5.74, 6) is -1.14. The Morgan fingerprint density at radius 3 is 2.63 bits per heavy atom. The van der Waals surface area contributed by atoms with Gasteiger partial charge >= 0.3 is 5.97 Å². The first-order valence-electron chi connectivity index (χ1n) is 6.25. The van der Waals surface area contributed by atoms with Crippen LogP contribution >= 0.6 is 0 Å². The Morgan fingerprint density at radius 2 is 2.05 bits per heavy atom. The molecule has 0 radical (unpaired) electrons. The molecule has 3 atom stereocenters. The van der Waals surface area contributed by atoms with E-state index >= 15 is 0 Å². The first-order chi connectivity index (χ1) is 9.11. The van der Waals surface area contributed by atoms with E-state index in [2.05, 4.69) is 5.32 Å². The average molecular weight is 265 g/mol. The zero-order chi connectivity index (χ0) is 13.8. The van der Waals surface area contributed by atoms with Crippen LogP contribution in [0.2, 0.25) is 0 Å². The van der Waals surface area contributed by atoms with Gasteiger partial charge in [0.15, 0.2) is 6.04 Å². The van der Waals surface area contributed by atoms with Crippen LogP contribution in [0.15, 0.2) is 30.3 Å². The second kappa shape index (κ2) is 5.82. The minimum atomic E-state index is -1.43. The first kappa shape index (κ1) is 13.5. The minimum Gasteiger partial charge on any atom is -0.480 e. The number of halogens is 1. The number of rotatable bonds is 6. The van der Waals surface area contributed by atoms with Crippen LogP contribution < -0.4 is 5.32 Å². The third-order valence-electron chi connectivity index (χ3n) is 3.39. The summed E-state index contributed by atoms with van der Waals surface area (Å²) < 4.78 is 12.4. The SMILES string of the molecule is O=C(C[C@@H]1C[C@H]1c1ccccc1)NC(CF)C(=O)O. The third-order valence-corrected chi connectivity index (χ3v) is 3.39. The molecule has 1 unspecified atom stereocenters. The molecule has 0 aromatic heterocycles. The molecule has 102 valence electrons. The Kier molecular flexibility index (Phi) is 4.14. The van der Waals surface area contributed by atoms with Crippen molar-refractivity contribution in [3.05, 3.63) is 35.9 Å². The van der Waals surface area contributed by atoms with E-state index in [0.717, 1.165) is 6.42 Å². The smallest absolute Gasteiger partial charge is 0.328 e. The summed E-state index contributed by atoms with van der Waals surface area (Å²) in [6, 6.07) is 8.45. The number of benzene rings is 1. The lowest BCUT2D eigenvalue weighted by Gasteiger charge is -2.10. The highest BCUT2D eigenvalue weighted by molar-refractivity contribution is 5.84. The molecule has 1 aromatic carbocycles. The molecular weight excluding hydrogens is 249 g/mol. The Hall–Kier alpha value is -1.91. The van der Waals surface area contributed by atoms with Gasteiger partial charge in [-0.25, -0.2) is 9.18 Å².